The van der Waals surface area contributed by atoms with Crippen molar-refractivity contribution in [1.29, 1.82) is 0 Å². The fourth-order valence-corrected chi connectivity index (χ4v) is 2.89. The Kier molecular flexibility index (Phi) is 8.82. The van der Waals surface area contributed by atoms with Crippen molar-refractivity contribution in [3.63, 3.8) is 0 Å². The number of piperidine rings is 1. The average molecular weight is 388 g/mol. The minimum absolute atomic E-state index is 0. The zero-order valence-electron chi connectivity index (χ0n) is 13.8. The molecule has 0 aliphatic carbocycles. The van der Waals surface area contributed by atoms with E-state index in [1.807, 2.05) is 23.1 Å². The van der Waals surface area contributed by atoms with Gasteiger partial charge >= 0.3 is 0 Å². The second kappa shape index (κ2) is 10.3. The molecule has 0 radical (unpaired) electrons. The zero-order valence-corrected chi connectivity index (χ0v) is 15.5. The molecular weight excluding hydrogens is 365 g/mol. The number of aromatic nitrogens is 3. The van der Waals surface area contributed by atoms with E-state index in [1.165, 1.54) is 0 Å². The fraction of sp³-hybridized carbons (Fsp3) is 0.500. The molecule has 0 spiro atoms. The largest absolute Gasteiger partial charge is 0.339 e. The van der Waals surface area contributed by atoms with E-state index in [-0.39, 0.29) is 36.8 Å². The predicted molar refractivity (Wildman–Crippen MR) is 98.8 cm³/mol. The molecule has 0 bridgehead atoms. The number of nitrogens with two attached hydrogens (primary N) is 1. The molecule has 25 heavy (non-hydrogen) atoms. The van der Waals surface area contributed by atoms with Crippen LogP contribution in [0.4, 0.5) is 0 Å². The maximum atomic E-state index is 12.4. The van der Waals surface area contributed by atoms with E-state index in [2.05, 4.69) is 15.1 Å². The highest BCUT2D eigenvalue weighted by Gasteiger charge is 2.25. The van der Waals surface area contributed by atoms with Crippen molar-refractivity contribution in [1.82, 2.24) is 20.0 Å². The molecule has 1 aliphatic rings. The van der Waals surface area contributed by atoms with E-state index < -0.39 is 0 Å². The number of hydrogen-bond acceptors (Lipinski definition) is 6. The lowest BCUT2D eigenvalue weighted by atomic mass is 10.0. The first-order valence-electron chi connectivity index (χ1n) is 8.01. The summed E-state index contributed by atoms with van der Waals surface area (Å²) in [5.74, 6) is 1.02. The van der Waals surface area contributed by atoms with Gasteiger partial charge < -0.3 is 15.2 Å². The molecule has 9 heteroatoms. The van der Waals surface area contributed by atoms with Crippen molar-refractivity contribution in [2.75, 3.05) is 13.1 Å². The molecule has 3 heterocycles. The standard InChI is InChI=1S/C16H21N5O2.2ClH/c17-11-12-5-2-4-10-21(12)15(22)8-7-14-19-16(20-23-14)13-6-1-3-9-18-13;;/h1,3,6,9,12H,2,4-5,7-8,10-11,17H2;2*1H. The number of aryl methyl sites for hydroxylation is 1. The minimum Gasteiger partial charge on any atom is -0.339 e. The highest BCUT2D eigenvalue weighted by Crippen LogP contribution is 2.18. The number of halogens is 2. The molecule has 1 amide bonds. The zero-order chi connectivity index (χ0) is 16.1. The van der Waals surface area contributed by atoms with Crippen LogP contribution < -0.4 is 5.73 Å². The van der Waals surface area contributed by atoms with Crippen LogP contribution in [0.25, 0.3) is 11.5 Å². The van der Waals surface area contributed by atoms with E-state index in [0.717, 1.165) is 25.8 Å². The summed E-state index contributed by atoms with van der Waals surface area (Å²) in [4.78, 5) is 22.8. The first-order chi connectivity index (χ1) is 11.3. The van der Waals surface area contributed by atoms with Crippen molar-refractivity contribution < 1.29 is 9.32 Å². The molecule has 1 saturated heterocycles. The molecule has 2 aromatic rings. The second-order valence-corrected chi connectivity index (χ2v) is 5.70. The van der Waals surface area contributed by atoms with Crippen LogP contribution in [0.5, 0.6) is 0 Å². The average Bonchev–Trinajstić information content (AvgIpc) is 3.09. The molecule has 1 aliphatic heterocycles. The van der Waals surface area contributed by atoms with Crippen molar-refractivity contribution in [3.05, 3.63) is 30.3 Å². The van der Waals surface area contributed by atoms with Gasteiger partial charge in [0.15, 0.2) is 0 Å². The van der Waals surface area contributed by atoms with Gasteiger partial charge in [0.2, 0.25) is 17.6 Å². The van der Waals surface area contributed by atoms with Gasteiger partial charge in [0.25, 0.3) is 0 Å². The predicted octanol–water partition coefficient (Wildman–Crippen LogP) is 2.25. The molecule has 1 fully saturated rings. The van der Waals surface area contributed by atoms with Crippen molar-refractivity contribution in [3.8, 4) is 11.5 Å². The van der Waals surface area contributed by atoms with Crippen LogP contribution in [0.3, 0.4) is 0 Å². The van der Waals surface area contributed by atoms with Gasteiger partial charge in [-0.3, -0.25) is 9.78 Å². The number of amides is 1. The van der Waals surface area contributed by atoms with Gasteiger partial charge in [0, 0.05) is 38.2 Å². The number of rotatable bonds is 5. The summed E-state index contributed by atoms with van der Waals surface area (Å²) in [5, 5.41) is 3.91. The van der Waals surface area contributed by atoms with Gasteiger partial charge in [-0.1, -0.05) is 11.2 Å². The fourth-order valence-electron chi connectivity index (χ4n) is 2.89. The lowest BCUT2D eigenvalue weighted by molar-refractivity contribution is -0.134. The van der Waals surface area contributed by atoms with E-state index >= 15 is 0 Å². The lowest BCUT2D eigenvalue weighted by Crippen LogP contribution is -2.47. The summed E-state index contributed by atoms with van der Waals surface area (Å²) in [6, 6.07) is 5.68. The van der Waals surface area contributed by atoms with Crippen LogP contribution >= 0.6 is 24.8 Å². The van der Waals surface area contributed by atoms with E-state index in [0.29, 0.717) is 36.8 Å². The summed E-state index contributed by atoms with van der Waals surface area (Å²) < 4.78 is 5.21. The second-order valence-electron chi connectivity index (χ2n) is 5.70. The third-order valence-electron chi connectivity index (χ3n) is 4.13. The van der Waals surface area contributed by atoms with Crippen LogP contribution in [0.1, 0.15) is 31.6 Å². The summed E-state index contributed by atoms with van der Waals surface area (Å²) >= 11 is 0. The van der Waals surface area contributed by atoms with Crippen molar-refractivity contribution in [2.45, 2.75) is 38.1 Å². The number of carbonyl (C=O) groups excluding carboxylic acids is 1. The molecule has 2 aromatic heterocycles. The normalized spacial score (nSPS) is 16.7. The Balaban J connectivity index is 0.00000156. The molecule has 1 unspecified atom stereocenters. The third-order valence-corrected chi connectivity index (χ3v) is 4.13. The summed E-state index contributed by atoms with van der Waals surface area (Å²) in [6.07, 6.45) is 5.66. The highest BCUT2D eigenvalue weighted by atomic mass is 35.5. The SMILES string of the molecule is Cl.Cl.NCC1CCCCN1C(=O)CCc1nc(-c2ccccn2)no1. The number of carbonyl (C=O) groups is 1. The Labute approximate surface area is 159 Å². The van der Waals surface area contributed by atoms with Crippen LogP contribution in [0.2, 0.25) is 0 Å². The molecular formula is C16H23Cl2N5O2. The summed E-state index contributed by atoms with van der Waals surface area (Å²) in [5.41, 5.74) is 6.42. The smallest absolute Gasteiger partial charge is 0.227 e. The maximum absolute atomic E-state index is 12.4. The van der Waals surface area contributed by atoms with Crippen molar-refractivity contribution >= 4 is 30.7 Å². The van der Waals surface area contributed by atoms with Gasteiger partial charge in [-0.25, -0.2) is 0 Å². The highest BCUT2D eigenvalue weighted by molar-refractivity contribution is 5.85. The van der Waals surface area contributed by atoms with Crippen LogP contribution in [-0.4, -0.2) is 45.1 Å². The number of likely N-dealkylation sites (tertiary alicyclic amines) is 1. The molecule has 0 aromatic carbocycles. The Morgan fingerprint density at radius 1 is 1.32 bits per heavy atom. The Morgan fingerprint density at radius 3 is 2.88 bits per heavy atom. The summed E-state index contributed by atoms with van der Waals surface area (Å²) in [7, 11) is 0. The molecule has 138 valence electrons. The maximum Gasteiger partial charge on any atom is 0.227 e. The molecule has 3 rings (SSSR count). The van der Waals surface area contributed by atoms with Gasteiger partial charge in [0.05, 0.1) is 0 Å². The topological polar surface area (TPSA) is 98.1 Å². The van der Waals surface area contributed by atoms with Gasteiger partial charge in [-0.2, -0.15) is 4.98 Å². The van der Waals surface area contributed by atoms with E-state index in [1.54, 1.807) is 6.20 Å². The van der Waals surface area contributed by atoms with Gasteiger partial charge in [-0.05, 0) is 31.4 Å². The Morgan fingerprint density at radius 2 is 2.16 bits per heavy atom. The first-order valence-corrected chi connectivity index (χ1v) is 8.01. The van der Waals surface area contributed by atoms with Gasteiger partial charge in [-0.15, -0.1) is 24.8 Å². The van der Waals surface area contributed by atoms with Crippen LogP contribution in [-0.2, 0) is 11.2 Å². The molecule has 0 saturated carbocycles. The summed E-state index contributed by atoms with van der Waals surface area (Å²) in [6.45, 7) is 1.32. The third kappa shape index (κ3) is 5.39. The minimum atomic E-state index is 0. The van der Waals surface area contributed by atoms with E-state index in [9.17, 15) is 4.79 Å². The monoisotopic (exact) mass is 387 g/mol. The number of nitrogens with zero attached hydrogens (tertiary/aromatic N) is 4. The Hall–Kier alpha value is -1.70. The Bertz CT molecular complexity index is 653. The van der Waals surface area contributed by atoms with Crippen molar-refractivity contribution in [2.24, 2.45) is 5.73 Å². The quantitative estimate of drug-likeness (QED) is 0.844. The lowest BCUT2D eigenvalue weighted by Gasteiger charge is -2.35. The van der Waals surface area contributed by atoms with Gasteiger partial charge in [0.1, 0.15) is 5.69 Å². The molecule has 2 N–H and O–H groups in total. The van der Waals surface area contributed by atoms with E-state index in [4.69, 9.17) is 10.3 Å². The van der Waals surface area contributed by atoms with Crippen LogP contribution in [0, 0.1) is 0 Å². The number of pyridine rings is 1. The molecule has 7 nitrogen and oxygen atoms in total. The first kappa shape index (κ1) is 21.3. The molecule has 1 atom stereocenters. The van der Waals surface area contributed by atoms with Crippen LogP contribution in [0.15, 0.2) is 28.9 Å². The number of hydrogen-bond donors (Lipinski definition) is 1.